The number of hydrogen-bond acceptors (Lipinski definition) is 3. The van der Waals surface area contributed by atoms with E-state index < -0.39 is 5.82 Å². The molecule has 1 aliphatic heterocycles. The Hall–Kier alpha value is -3.05. The monoisotopic (exact) mass is 425 g/mol. The molecule has 30 heavy (non-hydrogen) atoms. The molecular formula is C24H21ClFNO3. The SMILES string of the molecule is COc1cc2c(cc1OC)[C@H](c1cccc(Cl)c1)N(C(=O)c1cccc(F)c1)CC2. The van der Waals surface area contributed by atoms with Crippen LogP contribution in [0.3, 0.4) is 0 Å². The number of methoxy groups -OCH3 is 2. The van der Waals surface area contributed by atoms with Crippen molar-refractivity contribution < 1.29 is 18.7 Å². The predicted octanol–water partition coefficient (Wildman–Crippen LogP) is 5.28. The van der Waals surface area contributed by atoms with Crippen LogP contribution in [0, 0.1) is 5.82 Å². The Kier molecular flexibility index (Phi) is 5.64. The van der Waals surface area contributed by atoms with Gasteiger partial charge in [0.25, 0.3) is 5.91 Å². The number of amides is 1. The van der Waals surface area contributed by atoms with Crippen LogP contribution in [-0.4, -0.2) is 31.6 Å². The molecule has 1 atom stereocenters. The molecule has 0 aliphatic carbocycles. The average Bonchev–Trinajstić information content (AvgIpc) is 2.76. The van der Waals surface area contributed by atoms with Crippen LogP contribution in [-0.2, 0) is 6.42 Å². The van der Waals surface area contributed by atoms with Crippen molar-refractivity contribution in [1.29, 1.82) is 0 Å². The number of rotatable bonds is 4. The first-order valence-electron chi connectivity index (χ1n) is 9.58. The van der Waals surface area contributed by atoms with Crippen LogP contribution >= 0.6 is 11.6 Å². The highest BCUT2D eigenvalue weighted by Crippen LogP contribution is 2.42. The van der Waals surface area contributed by atoms with Crippen molar-refractivity contribution in [1.82, 2.24) is 4.90 Å². The van der Waals surface area contributed by atoms with Crippen LogP contribution in [0.15, 0.2) is 60.7 Å². The molecule has 1 aliphatic rings. The van der Waals surface area contributed by atoms with Gasteiger partial charge in [0.1, 0.15) is 5.82 Å². The molecule has 154 valence electrons. The van der Waals surface area contributed by atoms with Crippen molar-refractivity contribution in [3.8, 4) is 11.5 Å². The fraction of sp³-hybridized carbons (Fsp3) is 0.208. The van der Waals surface area contributed by atoms with E-state index in [1.165, 1.54) is 12.1 Å². The minimum atomic E-state index is -0.441. The Bertz CT molecular complexity index is 1100. The van der Waals surface area contributed by atoms with Crippen LogP contribution in [0.2, 0.25) is 5.02 Å². The van der Waals surface area contributed by atoms with Gasteiger partial charge in [-0.05, 0) is 65.6 Å². The van der Waals surface area contributed by atoms with Gasteiger partial charge in [0, 0.05) is 17.1 Å². The van der Waals surface area contributed by atoms with Gasteiger partial charge in [-0.2, -0.15) is 0 Å². The molecule has 4 rings (SSSR count). The maximum Gasteiger partial charge on any atom is 0.254 e. The zero-order chi connectivity index (χ0) is 21.3. The second kappa shape index (κ2) is 8.36. The summed E-state index contributed by atoms with van der Waals surface area (Å²) < 4.78 is 24.7. The third-order valence-corrected chi connectivity index (χ3v) is 5.61. The number of nitrogens with zero attached hydrogens (tertiary/aromatic N) is 1. The highest BCUT2D eigenvalue weighted by Gasteiger charge is 2.34. The van der Waals surface area contributed by atoms with Crippen molar-refractivity contribution in [3.05, 3.63) is 93.8 Å². The van der Waals surface area contributed by atoms with Gasteiger partial charge in [-0.1, -0.05) is 29.8 Å². The zero-order valence-corrected chi connectivity index (χ0v) is 17.4. The Labute approximate surface area is 179 Å². The number of ether oxygens (including phenoxy) is 2. The lowest BCUT2D eigenvalue weighted by atomic mass is 9.87. The summed E-state index contributed by atoms with van der Waals surface area (Å²) in [4.78, 5) is 15.1. The third kappa shape index (κ3) is 3.73. The van der Waals surface area contributed by atoms with E-state index in [1.807, 2.05) is 30.3 Å². The topological polar surface area (TPSA) is 38.8 Å². The molecule has 0 aromatic heterocycles. The highest BCUT2D eigenvalue weighted by atomic mass is 35.5. The van der Waals surface area contributed by atoms with E-state index in [4.69, 9.17) is 21.1 Å². The van der Waals surface area contributed by atoms with Gasteiger partial charge in [0.2, 0.25) is 0 Å². The minimum absolute atomic E-state index is 0.236. The Morgan fingerprint density at radius 2 is 1.77 bits per heavy atom. The summed E-state index contributed by atoms with van der Waals surface area (Å²) in [7, 11) is 3.18. The van der Waals surface area contributed by atoms with Crippen molar-refractivity contribution in [2.75, 3.05) is 20.8 Å². The van der Waals surface area contributed by atoms with Gasteiger partial charge < -0.3 is 14.4 Å². The molecule has 0 N–H and O–H groups in total. The van der Waals surface area contributed by atoms with Crippen molar-refractivity contribution >= 4 is 17.5 Å². The van der Waals surface area contributed by atoms with Crippen LogP contribution in [0.25, 0.3) is 0 Å². The normalized spacial score (nSPS) is 15.5. The molecule has 0 fully saturated rings. The fourth-order valence-corrected chi connectivity index (χ4v) is 4.19. The Morgan fingerprint density at radius 1 is 1.03 bits per heavy atom. The maximum atomic E-state index is 13.8. The lowest BCUT2D eigenvalue weighted by Crippen LogP contribution is -2.40. The van der Waals surface area contributed by atoms with E-state index in [-0.39, 0.29) is 11.9 Å². The molecule has 6 heteroatoms. The van der Waals surface area contributed by atoms with Crippen molar-refractivity contribution in [2.24, 2.45) is 0 Å². The lowest BCUT2D eigenvalue weighted by Gasteiger charge is -2.38. The second-order valence-electron chi connectivity index (χ2n) is 7.12. The van der Waals surface area contributed by atoms with Gasteiger partial charge in [-0.3, -0.25) is 4.79 Å². The first kappa shape index (κ1) is 20.2. The minimum Gasteiger partial charge on any atom is -0.493 e. The molecular weight excluding hydrogens is 405 g/mol. The lowest BCUT2D eigenvalue weighted by molar-refractivity contribution is 0.0693. The molecule has 0 radical (unpaired) electrons. The van der Waals surface area contributed by atoms with E-state index in [0.29, 0.717) is 35.1 Å². The number of carbonyl (C=O) groups excluding carboxylic acids is 1. The standard InChI is InChI=1S/C24H21ClFNO3/c1-29-21-13-15-9-10-27(24(28)17-6-4-8-19(26)12-17)23(20(15)14-22(21)30-2)16-5-3-7-18(25)11-16/h3-8,11-14,23H,9-10H2,1-2H3/t23-/m0/s1. The number of hydrogen-bond donors (Lipinski definition) is 0. The third-order valence-electron chi connectivity index (χ3n) is 5.37. The molecule has 0 spiro atoms. The molecule has 3 aromatic carbocycles. The van der Waals surface area contributed by atoms with E-state index >= 15 is 0 Å². The van der Waals surface area contributed by atoms with E-state index in [1.54, 1.807) is 37.3 Å². The molecule has 1 amide bonds. The quantitative estimate of drug-likeness (QED) is 0.570. The largest absolute Gasteiger partial charge is 0.493 e. The molecule has 1 heterocycles. The molecule has 0 bridgehead atoms. The summed E-state index contributed by atoms with van der Waals surface area (Å²) in [6.07, 6.45) is 0.647. The Balaban J connectivity index is 1.86. The van der Waals surface area contributed by atoms with E-state index in [0.717, 1.165) is 16.7 Å². The molecule has 0 saturated heterocycles. The van der Waals surface area contributed by atoms with Gasteiger partial charge in [-0.25, -0.2) is 4.39 Å². The average molecular weight is 426 g/mol. The first-order valence-corrected chi connectivity index (χ1v) is 9.96. The predicted molar refractivity (Wildman–Crippen MR) is 114 cm³/mol. The summed E-state index contributed by atoms with van der Waals surface area (Å²) in [6.45, 7) is 0.481. The van der Waals surface area contributed by atoms with Crippen molar-refractivity contribution in [2.45, 2.75) is 12.5 Å². The first-order chi connectivity index (χ1) is 14.5. The van der Waals surface area contributed by atoms with Gasteiger partial charge in [-0.15, -0.1) is 0 Å². The van der Waals surface area contributed by atoms with Crippen LogP contribution in [0.5, 0.6) is 11.5 Å². The van der Waals surface area contributed by atoms with Gasteiger partial charge >= 0.3 is 0 Å². The number of halogens is 2. The molecule has 0 saturated carbocycles. The van der Waals surface area contributed by atoms with Crippen LogP contribution in [0.4, 0.5) is 4.39 Å². The van der Waals surface area contributed by atoms with Gasteiger partial charge in [0.05, 0.1) is 20.3 Å². The maximum absolute atomic E-state index is 13.8. The summed E-state index contributed by atoms with van der Waals surface area (Å²) >= 11 is 6.26. The summed E-state index contributed by atoms with van der Waals surface area (Å²) in [5, 5.41) is 0.582. The smallest absolute Gasteiger partial charge is 0.254 e. The fourth-order valence-electron chi connectivity index (χ4n) is 3.99. The molecule has 3 aromatic rings. The van der Waals surface area contributed by atoms with Gasteiger partial charge in [0.15, 0.2) is 11.5 Å². The summed E-state index contributed by atoms with van der Waals surface area (Å²) in [5.41, 5.74) is 3.19. The molecule has 4 nitrogen and oxygen atoms in total. The zero-order valence-electron chi connectivity index (χ0n) is 16.7. The number of carbonyl (C=O) groups is 1. The number of benzene rings is 3. The van der Waals surface area contributed by atoms with E-state index in [2.05, 4.69) is 0 Å². The number of fused-ring (bicyclic) bond motifs is 1. The Morgan fingerprint density at radius 3 is 2.47 bits per heavy atom. The van der Waals surface area contributed by atoms with Crippen molar-refractivity contribution in [3.63, 3.8) is 0 Å². The second-order valence-corrected chi connectivity index (χ2v) is 7.56. The molecule has 0 unspecified atom stereocenters. The summed E-state index contributed by atoms with van der Waals surface area (Å²) in [5.74, 6) is 0.554. The summed E-state index contributed by atoms with van der Waals surface area (Å²) in [6, 6.07) is 16.7. The highest BCUT2D eigenvalue weighted by molar-refractivity contribution is 6.30. The van der Waals surface area contributed by atoms with Crippen LogP contribution < -0.4 is 9.47 Å². The van der Waals surface area contributed by atoms with Crippen LogP contribution in [0.1, 0.15) is 33.1 Å². The van der Waals surface area contributed by atoms with E-state index in [9.17, 15) is 9.18 Å².